The van der Waals surface area contributed by atoms with Gasteiger partial charge in [0.15, 0.2) is 0 Å². The van der Waals surface area contributed by atoms with Crippen molar-refractivity contribution in [3.8, 4) is 0 Å². The van der Waals surface area contributed by atoms with Gasteiger partial charge < -0.3 is 31.3 Å². The molecule has 6 atom stereocenters. The van der Waals surface area contributed by atoms with Crippen LogP contribution in [0.15, 0.2) is 0 Å². The third-order valence-corrected chi connectivity index (χ3v) is 10.8. The molecular weight excluding hydrogens is 550 g/mol. The molecular formula is C32H53N5O6. The fourth-order valence-corrected chi connectivity index (χ4v) is 7.51. The summed E-state index contributed by atoms with van der Waals surface area (Å²) in [7, 11) is 1.59. The Balaban J connectivity index is 1.59. The van der Waals surface area contributed by atoms with Crippen LogP contribution in [0.4, 0.5) is 4.79 Å². The van der Waals surface area contributed by atoms with Crippen molar-refractivity contribution >= 4 is 29.5 Å². The summed E-state index contributed by atoms with van der Waals surface area (Å²) in [5.41, 5.74) is 4.42. The molecule has 11 nitrogen and oxygen atoms in total. The maximum atomic E-state index is 14.5. The fourth-order valence-electron chi connectivity index (χ4n) is 7.51. The number of carbonyl (C=O) groups excluding carboxylic acids is 5. The molecule has 3 saturated carbocycles. The molecule has 1 aliphatic heterocycles. The average Bonchev–Trinajstić information content (AvgIpc) is 3.77. The number of hydrogen-bond acceptors (Lipinski definition) is 6. The lowest BCUT2D eigenvalue weighted by Crippen LogP contribution is -2.63. The summed E-state index contributed by atoms with van der Waals surface area (Å²) in [5, 5.41) is 8.88. The van der Waals surface area contributed by atoms with Crippen LogP contribution >= 0.6 is 0 Å². The normalized spacial score (nSPS) is 27.7. The molecule has 3 unspecified atom stereocenters. The number of nitrogens with two attached hydrogens (primary N) is 1. The third-order valence-electron chi connectivity index (χ3n) is 10.8. The molecule has 1 saturated heterocycles. The highest BCUT2D eigenvalue weighted by molar-refractivity contribution is 6.37. The number of Topliss-reactive ketones (excluding diaryl/α,β-unsaturated/α-hetero) is 1. The minimum atomic E-state index is -1.07. The molecule has 11 heteroatoms. The number of urea groups is 1. The van der Waals surface area contributed by atoms with Crippen LogP contribution in [0, 0.1) is 34.0 Å². The number of ketones is 1. The quantitative estimate of drug-likeness (QED) is 0.251. The zero-order valence-electron chi connectivity index (χ0n) is 27.1. The Labute approximate surface area is 256 Å². The second kappa shape index (κ2) is 12.4. The van der Waals surface area contributed by atoms with Crippen LogP contribution in [0.3, 0.4) is 0 Å². The summed E-state index contributed by atoms with van der Waals surface area (Å²) in [6.45, 7) is 13.0. The molecule has 0 radical (unpaired) electrons. The summed E-state index contributed by atoms with van der Waals surface area (Å²) in [6.07, 6.45) is 6.80. The van der Waals surface area contributed by atoms with Gasteiger partial charge in [-0.15, -0.1) is 0 Å². The van der Waals surface area contributed by atoms with Crippen molar-refractivity contribution in [2.45, 2.75) is 117 Å². The highest BCUT2D eigenvalue weighted by atomic mass is 16.5. The standard InChI is InChI=1S/C32H53N5O6/c1-30(2,3)21(17-43-7)35-29(42)36-25(32(6)13-9-8-10-14-32)28(41)37-16-19-22(31(19,4)5)23(37)27(40)34-20(15-18-11-12-18)24(38)26(33)39/h18-23,25H,8-17H2,1-7H3,(H2,33,39)(H,34,40)(H2,35,36,42)/t19?,20?,21-,22?,23+,25-/m1/s1. The van der Waals surface area contributed by atoms with Crippen molar-refractivity contribution in [1.29, 1.82) is 0 Å². The predicted octanol–water partition coefficient (Wildman–Crippen LogP) is 2.51. The van der Waals surface area contributed by atoms with Gasteiger partial charge in [0.25, 0.3) is 5.91 Å². The van der Waals surface area contributed by atoms with E-state index in [-0.39, 0.29) is 40.5 Å². The summed E-state index contributed by atoms with van der Waals surface area (Å²) >= 11 is 0. The first-order valence-corrected chi connectivity index (χ1v) is 16.0. The number of fused-ring (bicyclic) bond motifs is 1. The van der Waals surface area contributed by atoms with Crippen LogP contribution < -0.4 is 21.7 Å². The molecule has 0 bridgehead atoms. The van der Waals surface area contributed by atoms with Crippen LogP contribution in [-0.4, -0.2) is 78.9 Å². The van der Waals surface area contributed by atoms with Gasteiger partial charge in [-0.2, -0.15) is 0 Å². The number of rotatable bonds is 12. The van der Waals surface area contributed by atoms with Crippen molar-refractivity contribution in [2.75, 3.05) is 20.3 Å². The van der Waals surface area contributed by atoms with Gasteiger partial charge in [0.1, 0.15) is 12.1 Å². The lowest BCUT2D eigenvalue weighted by atomic mass is 9.70. The molecule has 0 aromatic heterocycles. The number of hydrogen-bond donors (Lipinski definition) is 4. The molecule has 43 heavy (non-hydrogen) atoms. The van der Waals surface area contributed by atoms with Crippen LogP contribution in [0.2, 0.25) is 0 Å². The van der Waals surface area contributed by atoms with E-state index >= 15 is 0 Å². The smallest absolute Gasteiger partial charge is 0.315 e. The molecule has 4 rings (SSSR count). The Kier molecular flexibility index (Phi) is 9.55. The molecule has 5 amide bonds. The van der Waals surface area contributed by atoms with Gasteiger partial charge in [-0.25, -0.2) is 4.79 Å². The van der Waals surface area contributed by atoms with Crippen LogP contribution in [0.25, 0.3) is 0 Å². The Morgan fingerprint density at radius 1 is 0.977 bits per heavy atom. The van der Waals surface area contributed by atoms with Crippen LogP contribution in [-0.2, 0) is 23.9 Å². The van der Waals surface area contributed by atoms with E-state index in [9.17, 15) is 24.0 Å². The molecule has 4 fully saturated rings. The van der Waals surface area contributed by atoms with E-state index in [1.807, 2.05) is 20.8 Å². The first-order valence-electron chi connectivity index (χ1n) is 16.0. The van der Waals surface area contributed by atoms with E-state index in [0.717, 1.165) is 44.9 Å². The minimum absolute atomic E-state index is 0.0812. The van der Waals surface area contributed by atoms with Crippen LogP contribution in [0.1, 0.15) is 92.9 Å². The highest BCUT2D eigenvalue weighted by Crippen LogP contribution is 2.65. The zero-order valence-corrected chi connectivity index (χ0v) is 27.1. The summed E-state index contributed by atoms with van der Waals surface area (Å²) < 4.78 is 5.35. The second-order valence-electron chi connectivity index (χ2n) is 15.5. The van der Waals surface area contributed by atoms with E-state index < -0.39 is 47.2 Å². The van der Waals surface area contributed by atoms with E-state index in [1.165, 1.54) is 0 Å². The Morgan fingerprint density at radius 3 is 2.14 bits per heavy atom. The SMILES string of the molecule is COC[C@@H](NC(=O)N[C@H](C(=O)N1CC2C([C@H]1C(=O)NC(CC1CC1)C(=O)C(N)=O)C2(C)C)C1(C)CCCCC1)C(C)(C)C. The number of ether oxygens (including phenoxy) is 1. The summed E-state index contributed by atoms with van der Waals surface area (Å²) in [4.78, 5) is 68.0. The number of likely N-dealkylation sites (tertiary alicyclic amines) is 1. The molecule has 0 aromatic rings. The van der Waals surface area contributed by atoms with Gasteiger partial charge in [0.05, 0.1) is 18.7 Å². The molecule has 242 valence electrons. The average molecular weight is 604 g/mol. The number of piperidine rings is 1. The zero-order chi connectivity index (χ0) is 31.9. The van der Waals surface area contributed by atoms with Gasteiger partial charge in [-0.3, -0.25) is 19.2 Å². The molecule has 4 aliphatic rings. The van der Waals surface area contributed by atoms with E-state index in [4.69, 9.17) is 10.5 Å². The number of nitrogens with one attached hydrogen (secondary N) is 3. The number of primary amides is 1. The largest absolute Gasteiger partial charge is 0.383 e. The van der Waals surface area contributed by atoms with Crippen molar-refractivity contribution in [2.24, 2.45) is 39.7 Å². The molecule has 1 heterocycles. The van der Waals surface area contributed by atoms with Crippen molar-refractivity contribution in [3.05, 3.63) is 0 Å². The Morgan fingerprint density at radius 2 is 1.60 bits per heavy atom. The summed E-state index contributed by atoms with van der Waals surface area (Å²) in [5.74, 6) is -2.27. The van der Waals surface area contributed by atoms with E-state index in [1.54, 1.807) is 12.0 Å². The van der Waals surface area contributed by atoms with E-state index in [0.29, 0.717) is 19.6 Å². The summed E-state index contributed by atoms with van der Waals surface area (Å²) in [6, 6.07) is -3.35. The predicted molar refractivity (Wildman–Crippen MR) is 162 cm³/mol. The third kappa shape index (κ3) is 7.18. The minimum Gasteiger partial charge on any atom is -0.383 e. The number of carbonyl (C=O) groups is 5. The van der Waals surface area contributed by atoms with Gasteiger partial charge in [-0.05, 0) is 53.3 Å². The first-order chi connectivity index (χ1) is 20.0. The van der Waals surface area contributed by atoms with Gasteiger partial charge >= 0.3 is 6.03 Å². The highest BCUT2D eigenvalue weighted by Gasteiger charge is 2.70. The first kappa shape index (κ1) is 33.2. The number of nitrogens with zero attached hydrogens (tertiary/aromatic N) is 1. The lowest BCUT2D eigenvalue weighted by Gasteiger charge is -2.43. The van der Waals surface area contributed by atoms with Crippen LogP contribution in [0.5, 0.6) is 0 Å². The molecule has 0 spiro atoms. The van der Waals surface area contributed by atoms with Gasteiger partial charge in [0.2, 0.25) is 17.6 Å². The van der Waals surface area contributed by atoms with Crippen molar-refractivity contribution < 1.29 is 28.7 Å². The van der Waals surface area contributed by atoms with Crippen molar-refractivity contribution in [1.82, 2.24) is 20.9 Å². The van der Waals surface area contributed by atoms with Gasteiger partial charge in [0, 0.05) is 13.7 Å². The monoisotopic (exact) mass is 603 g/mol. The number of methoxy groups -OCH3 is 1. The Hall–Kier alpha value is -2.69. The molecule has 3 aliphatic carbocycles. The molecule has 0 aromatic carbocycles. The second-order valence-corrected chi connectivity index (χ2v) is 15.5. The maximum Gasteiger partial charge on any atom is 0.315 e. The molecule has 5 N–H and O–H groups in total. The topological polar surface area (TPSA) is 160 Å². The maximum absolute atomic E-state index is 14.5. The van der Waals surface area contributed by atoms with Gasteiger partial charge in [-0.1, -0.05) is 73.6 Å². The van der Waals surface area contributed by atoms with Crippen molar-refractivity contribution in [3.63, 3.8) is 0 Å². The van der Waals surface area contributed by atoms with E-state index in [2.05, 4.69) is 36.7 Å². The Bertz CT molecular complexity index is 1110. The lowest BCUT2D eigenvalue weighted by molar-refractivity contribution is -0.145. The fraction of sp³-hybridized carbons (Fsp3) is 0.844. The number of amides is 5.